The van der Waals surface area contributed by atoms with Gasteiger partial charge in [0.25, 0.3) is 0 Å². The Bertz CT molecular complexity index is 421. The van der Waals surface area contributed by atoms with Crippen LogP contribution in [0.5, 0.6) is 5.75 Å². The lowest BCUT2D eigenvalue weighted by atomic mass is 9.86. The molecule has 1 aromatic rings. The standard InChI is InChI=1S/C15H23BrFNO/c1-5-18-10-15(2,3)7-6-11-8-12(16)13(17)9-14(11)19-4/h8-9,18H,5-7,10H2,1-4H3. The molecule has 0 aliphatic rings. The van der Waals surface area contributed by atoms with Crippen LogP contribution in [0.1, 0.15) is 32.8 Å². The molecule has 0 aromatic heterocycles. The number of methoxy groups -OCH3 is 1. The largest absolute Gasteiger partial charge is 0.496 e. The molecule has 1 rings (SSSR count). The summed E-state index contributed by atoms with van der Waals surface area (Å²) in [6.07, 6.45) is 1.90. The van der Waals surface area contributed by atoms with E-state index in [2.05, 4.69) is 42.0 Å². The van der Waals surface area contributed by atoms with Crippen LogP contribution in [0.25, 0.3) is 0 Å². The van der Waals surface area contributed by atoms with Crippen molar-refractivity contribution in [2.45, 2.75) is 33.6 Å². The fraction of sp³-hybridized carbons (Fsp3) is 0.600. The van der Waals surface area contributed by atoms with Gasteiger partial charge in [-0.05, 0) is 52.4 Å². The lowest BCUT2D eigenvalue weighted by Gasteiger charge is -2.25. The van der Waals surface area contributed by atoms with Gasteiger partial charge >= 0.3 is 0 Å². The van der Waals surface area contributed by atoms with Gasteiger partial charge in [0.1, 0.15) is 11.6 Å². The summed E-state index contributed by atoms with van der Waals surface area (Å²) in [6.45, 7) is 8.54. The van der Waals surface area contributed by atoms with Crippen LogP contribution >= 0.6 is 15.9 Å². The third kappa shape index (κ3) is 5.11. The first-order valence-corrected chi connectivity index (χ1v) is 7.41. The van der Waals surface area contributed by atoms with Crippen LogP contribution in [0, 0.1) is 11.2 Å². The third-order valence-electron chi connectivity index (χ3n) is 3.25. The highest BCUT2D eigenvalue weighted by Crippen LogP contribution is 2.30. The molecule has 0 fully saturated rings. The van der Waals surface area contributed by atoms with Crippen LogP contribution < -0.4 is 10.1 Å². The van der Waals surface area contributed by atoms with Gasteiger partial charge in [-0.15, -0.1) is 0 Å². The Morgan fingerprint density at radius 3 is 2.63 bits per heavy atom. The van der Waals surface area contributed by atoms with Crippen molar-refractivity contribution in [2.75, 3.05) is 20.2 Å². The minimum Gasteiger partial charge on any atom is -0.496 e. The molecule has 0 unspecified atom stereocenters. The second-order valence-corrected chi connectivity index (χ2v) is 6.38. The van der Waals surface area contributed by atoms with Crippen LogP contribution in [0.4, 0.5) is 4.39 Å². The molecule has 0 heterocycles. The van der Waals surface area contributed by atoms with E-state index in [1.54, 1.807) is 7.11 Å². The molecular formula is C15H23BrFNO. The third-order valence-corrected chi connectivity index (χ3v) is 3.86. The van der Waals surface area contributed by atoms with Crippen molar-refractivity contribution in [3.8, 4) is 5.75 Å². The number of halogens is 2. The first-order chi connectivity index (χ1) is 8.89. The van der Waals surface area contributed by atoms with E-state index in [1.165, 1.54) is 6.07 Å². The predicted molar refractivity (Wildman–Crippen MR) is 81.3 cm³/mol. The van der Waals surface area contributed by atoms with Gasteiger partial charge < -0.3 is 10.1 Å². The maximum absolute atomic E-state index is 13.5. The zero-order chi connectivity index (χ0) is 14.5. The van der Waals surface area contributed by atoms with Crippen molar-refractivity contribution in [3.05, 3.63) is 28.0 Å². The number of nitrogens with one attached hydrogen (secondary N) is 1. The molecule has 0 atom stereocenters. The van der Waals surface area contributed by atoms with Gasteiger partial charge in [-0.1, -0.05) is 20.8 Å². The summed E-state index contributed by atoms with van der Waals surface area (Å²) in [6, 6.07) is 3.26. The summed E-state index contributed by atoms with van der Waals surface area (Å²) >= 11 is 3.23. The quantitative estimate of drug-likeness (QED) is 0.809. The molecular weight excluding hydrogens is 309 g/mol. The highest BCUT2D eigenvalue weighted by molar-refractivity contribution is 9.10. The van der Waals surface area contributed by atoms with E-state index in [0.29, 0.717) is 10.2 Å². The van der Waals surface area contributed by atoms with Crippen LogP contribution in [-0.2, 0) is 6.42 Å². The molecule has 0 bridgehead atoms. The molecule has 2 nitrogen and oxygen atoms in total. The number of aryl methyl sites for hydroxylation is 1. The first kappa shape index (κ1) is 16.4. The van der Waals surface area contributed by atoms with Crippen LogP contribution in [-0.4, -0.2) is 20.2 Å². The SMILES string of the molecule is CCNCC(C)(C)CCc1cc(Br)c(F)cc1OC. The Kier molecular flexibility index (Phi) is 6.27. The highest BCUT2D eigenvalue weighted by atomic mass is 79.9. The first-order valence-electron chi connectivity index (χ1n) is 6.62. The summed E-state index contributed by atoms with van der Waals surface area (Å²) < 4.78 is 19.2. The normalized spacial score (nSPS) is 11.7. The number of ether oxygens (including phenoxy) is 1. The lowest BCUT2D eigenvalue weighted by Crippen LogP contribution is -2.29. The molecule has 0 aliphatic carbocycles. The number of benzene rings is 1. The Hall–Kier alpha value is -0.610. The molecule has 1 N–H and O–H groups in total. The maximum atomic E-state index is 13.5. The Morgan fingerprint density at radius 1 is 1.37 bits per heavy atom. The van der Waals surface area contributed by atoms with E-state index in [-0.39, 0.29) is 11.2 Å². The van der Waals surface area contributed by atoms with Crippen LogP contribution in [0.3, 0.4) is 0 Å². The Morgan fingerprint density at radius 2 is 2.05 bits per heavy atom. The van der Waals surface area contributed by atoms with E-state index in [0.717, 1.165) is 31.5 Å². The Balaban J connectivity index is 2.74. The zero-order valence-corrected chi connectivity index (χ0v) is 13.7. The molecule has 1 aromatic carbocycles. The van der Waals surface area contributed by atoms with Crippen molar-refractivity contribution >= 4 is 15.9 Å². The topological polar surface area (TPSA) is 21.3 Å². The van der Waals surface area contributed by atoms with Crippen LogP contribution in [0.2, 0.25) is 0 Å². The van der Waals surface area contributed by atoms with Gasteiger partial charge in [-0.25, -0.2) is 4.39 Å². The smallest absolute Gasteiger partial charge is 0.141 e. The number of hydrogen-bond donors (Lipinski definition) is 1. The average Bonchev–Trinajstić information content (AvgIpc) is 2.37. The molecule has 0 saturated carbocycles. The fourth-order valence-electron chi connectivity index (χ4n) is 1.98. The van der Waals surface area contributed by atoms with E-state index < -0.39 is 0 Å². The van der Waals surface area contributed by atoms with Gasteiger partial charge in [0.2, 0.25) is 0 Å². The molecule has 108 valence electrons. The number of hydrogen-bond acceptors (Lipinski definition) is 2. The minimum atomic E-state index is -0.285. The lowest BCUT2D eigenvalue weighted by molar-refractivity contribution is 0.315. The molecule has 0 spiro atoms. The highest BCUT2D eigenvalue weighted by Gasteiger charge is 2.18. The van der Waals surface area contributed by atoms with Crippen molar-refractivity contribution in [1.29, 1.82) is 0 Å². The molecule has 19 heavy (non-hydrogen) atoms. The van der Waals surface area contributed by atoms with Gasteiger partial charge in [0.15, 0.2) is 0 Å². The molecule has 4 heteroatoms. The van der Waals surface area contributed by atoms with Crippen LogP contribution in [0.15, 0.2) is 16.6 Å². The van der Waals surface area contributed by atoms with Gasteiger partial charge in [0.05, 0.1) is 11.6 Å². The van der Waals surface area contributed by atoms with Gasteiger partial charge in [-0.2, -0.15) is 0 Å². The molecule has 0 saturated heterocycles. The zero-order valence-electron chi connectivity index (χ0n) is 12.1. The second-order valence-electron chi connectivity index (χ2n) is 5.52. The molecule has 0 amide bonds. The van der Waals surface area contributed by atoms with E-state index in [1.807, 2.05) is 6.07 Å². The molecule has 0 aliphatic heterocycles. The number of rotatable bonds is 7. The van der Waals surface area contributed by atoms with E-state index in [9.17, 15) is 4.39 Å². The molecule has 0 radical (unpaired) electrons. The Labute approximate surface area is 123 Å². The second kappa shape index (κ2) is 7.25. The minimum absolute atomic E-state index is 0.210. The summed E-state index contributed by atoms with van der Waals surface area (Å²) in [4.78, 5) is 0. The summed E-state index contributed by atoms with van der Waals surface area (Å²) in [5.41, 5.74) is 1.25. The van der Waals surface area contributed by atoms with Gasteiger partial charge in [-0.3, -0.25) is 0 Å². The summed E-state index contributed by atoms with van der Waals surface area (Å²) in [5, 5.41) is 3.37. The monoisotopic (exact) mass is 331 g/mol. The average molecular weight is 332 g/mol. The summed E-state index contributed by atoms with van der Waals surface area (Å²) in [5.74, 6) is 0.340. The van der Waals surface area contributed by atoms with E-state index in [4.69, 9.17) is 4.74 Å². The van der Waals surface area contributed by atoms with Crippen molar-refractivity contribution in [3.63, 3.8) is 0 Å². The predicted octanol–water partition coefficient (Wildman–Crippen LogP) is 4.17. The maximum Gasteiger partial charge on any atom is 0.141 e. The summed E-state index contributed by atoms with van der Waals surface area (Å²) in [7, 11) is 1.58. The van der Waals surface area contributed by atoms with Crippen molar-refractivity contribution in [2.24, 2.45) is 5.41 Å². The van der Waals surface area contributed by atoms with E-state index >= 15 is 0 Å². The van der Waals surface area contributed by atoms with Crippen molar-refractivity contribution < 1.29 is 9.13 Å². The van der Waals surface area contributed by atoms with Gasteiger partial charge in [0, 0.05) is 12.6 Å². The van der Waals surface area contributed by atoms with Crippen molar-refractivity contribution in [1.82, 2.24) is 5.32 Å². The fourth-order valence-corrected chi connectivity index (χ4v) is 2.37.